The van der Waals surface area contributed by atoms with Crippen molar-refractivity contribution in [3.05, 3.63) is 64.5 Å². The van der Waals surface area contributed by atoms with Gasteiger partial charge in [0, 0.05) is 17.1 Å². The Hall–Kier alpha value is -2.99. The molecule has 3 aromatic rings. The van der Waals surface area contributed by atoms with Crippen LogP contribution in [0.2, 0.25) is 0 Å². The molecular formula is C19H19N3O3. The van der Waals surface area contributed by atoms with Gasteiger partial charge in [-0.1, -0.05) is 19.1 Å². The summed E-state index contributed by atoms with van der Waals surface area (Å²) in [5.41, 5.74) is 9.28. The molecule has 0 aliphatic heterocycles. The molecule has 0 fully saturated rings. The van der Waals surface area contributed by atoms with Crippen LogP contribution in [-0.2, 0) is 13.0 Å². The van der Waals surface area contributed by atoms with E-state index in [0.717, 1.165) is 12.0 Å². The lowest BCUT2D eigenvalue weighted by atomic mass is 10.1. The van der Waals surface area contributed by atoms with Crippen LogP contribution in [0.4, 0.5) is 5.69 Å². The van der Waals surface area contributed by atoms with E-state index in [9.17, 15) is 9.90 Å². The van der Waals surface area contributed by atoms with Gasteiger partial charge < -0.3 is 15.3 Å². The lowest BCUT2D eigenvalue weighted by molar-refractivity contribution is 0.0996. The number of aryl methyl sites for hydroxylation is 2. The molecule has 2 aromatic heterocycles. The summed E-state index contributed by atoms with van der Waals surface area (Å²) < 4.78 is 5.86. The Morgan fingerprint density at radius 2 is 2.16 bits per heavy atom. The van der Waals surface area contributed by atoms with Crippen molar-refractivity contribution < 1.29 is 14.3 Å². The smallest absolute Gasteiger partial charge is 0.254 e. The molecule has 0 aliphatic carbocycles. The minimum atomic E-state index is -0.644. The fraction of sp³-hybridized carbons (Fsp3) is 0.211. The quantitative estimate of drug-likeness (QED) is 0.763. The maximum Gasteiger partial charge on any atom is 0.254 e. The molecule has 128 valence electrons. The van der Waals surface area contributed by atoms with Crippen molar-refractivity contribution >= 4 is 22.6 Å². The minimum absolute atomic E-state index is 0.133. The first-order valence-corrected chi connectivity index (χ1v) is 8.00. The van der Waals surface area contributed by atoms with Gasteiger partial charge in [0.05, 0.1) is 18.0 Å². The van der Waals surface area contributed by atoms with Crippen molar-refractivity contribution in [1.82, 2.24) is 4.98 Å². The molecular weight excluding hydrogens is 318 g/mol. The highest BCUT2D eigenvalue weighted by atomic mass is 16.3. The summed E-state index contributed by atoms with van der Waals surface area (Å²) in [6.07, 6.45) is 2.43. The highest BCUT2D eigenvalue weighted by Crippen LogP contribution is 2.21. The van der Waals surface area contributed by atoms with Crippen molar-refractivity contribution in [3.8, 4) is 0 Å². The van der Waals surface area contributed by atoms with Gasteiger partial charge in [-0.15, -0.1) is 0 Å². The zero-order chi connectivity index (χ0) is 18.0. The third-order valence-corrected chi connectivity index (χ3v) is 4.04. The predicted octanol–water partition coefficient (Wildman–Crippen LogP) is 2.52. The zero-order valence-electron chi connectivity index (χ0n) is 14.1. The predicted molar refractivity (Wildman–Crippen MR) is 94.2 cm³/mol. The van der Waals surface area contributed by atoms with Crippen LogP contribution < -0.4 is 11.3 Å². The van der Waals surface area contributed by atoms with Crippen LogP contribution in [0.25, 0.3) is 11.0 Å². The first-order valence-electron chi connectivity index (χ1n) is 8.00. The number of pyridine rings is 1. The highest BCUT2D eigenvalue weighted by Gasteiger charge is 2.14. The second kappa shape index (κ2) is 6.86. The van der Waals surface area contributed by atoms with E-state index in [4.69, 9.17) is 10.2 Å². The number of aromatic nitrogens is 1. The van der Waals surface area contributed by atoms with Gasteiger partial charge in [0.15, 0.2) is 5.58 Å². The number of primary amides is 1. The average Bonchev–Trinajstić information content (AvgIpc) is 2.62. The van der Waals surface area contributed by atoms with Crippen LogP contribution in [0, 0.1) is 6.92 Å². The number of aliphatic hydroxyl groups excluding tert-OH is 1. The van der Waals surface area contributed by atoms with Crippen molar-refractivity contribution in [2.45, 2.75) is 26.9 Å². The fourth-order valence-corrected chi connectivity index (χ4v) is 2.64. The number of carbonyl (C=O) groups is 1. The number of rotatable bonds is 4. The molecule has 0 atom stereocenters. The molecule has 25 heavy (non-hydrogen) atoms. The van der Waals surface area contributed by atoms with Gasteiger partial charge >= 0.3 is 0 Å². The van der Waals surface area contributed by atoms with Gasteiger partial charge in [-0.25, -0.2) is 4.99 Å². The molecule has 0 bridgehead atoms. The fourth-order valence-electron chi connectivity index (χ4n) is 2.64. The van der Waals surface area contributed by atoms with Gasteiger partial charge in [-0.3, -0.25) is 9.78 Å². The van der Waals surface area contributed by atoms with Crippen molar-refractivity contribution in [2.75, 3.05) is 0 Å². The van der Waals surface area contributed by atoms with E-state index >= 15 is 0 Å². The summed E-state index contributed by atoms with van der Waals surface area (Å²) in [6, 6.07) is 9.27. The SMILES string of the molecule is CCc1cccc(N=c2oc3c(C)ncc(CO)c3cc2C(N)=O)c1. The maximum absolute atomic E-state index is 11.9. The number of nitrogens with two attached hydrogens (primary N) is 1. The highest BCUT2D eigenvalue weighted by molar-refractivity contribution is 5.96. The summed E-state index contributed by atoms with van der Waals surface area (Å²) in [4.78, 5) is 20.6. The number of amides is 1. The molecule has 1 aromatic carbocycles. The molecule has 6 nitrogen and oxygen atoms in total. The van der Waals surface area contributed by atoms with Crippen LogP contribution in [0.1, 0.15) is 34.1 Å². The van der Waals surface area contributed by atoms with E-state index in [0.29, 0.717) is 27.9 Å². The van der Waals surface area contributed by atoms with Crippen LogP contribution in [0.15, 0.2) is 45.9 Å². The molecule has 3 N–H and O–H groups in total. The van der Waals surface area contributed by atoms with Crippen molar-refractivity contribution in [2.24, 2.45) is 10.7 Å². The van der Waals surface area contributed by atoms with Gasteiger partial charge in [-0.05, 0) is 37.1 Å². The Kier molecular flexibility index (Phi) is 4.63. The normalized spacial score (nSPS) is 11.9. The average molecular weight is 337 g/mol. The zero-order valence-corrected chi connectivity index (χ0v) is 14.1. The second-order valence-electron chi connectivity index (χ2n) is 5.73. The molecule has 2 heterocycles. The Labute approximate surface area is 144 Å². The van der Waals surface area contributed by atoms with Gasteiger partial charge in [0.25, 0.3) is 5.91 Å². The Balaban J connectivity index is 2.33. The van der Waals surface area contributed by atoms with Crippen molar-refractivity contribution in [3.63, 3.8) is 0 Å². The molecule has 6 heteroatoms. The third kappa shape index (κ3) is 3.29. The Bertz CT molecular complexity index is 1020. The topological polar surface area (TPSA) is 102 Å². The lowest BCUT2D eigenvalue weighted by Crippen LogP contribution is -2.22. The van der Waals surface area contributed by atoms with Crippen molar-refractivity contribution in [1.29, 1.82) is 0 Å². The van der Waals surface area contributed by atoms with Crippen LogP contribution in [-0.4, -0.2) is 16.0 Å². The summed E-state index contributed by atoms with van der Waals surface area (Å²) in [6.45, 7) is 3.63. The first-order chi connectivity index (χ1) is 12.0. The van der Waals surface area contributed by atoms with E-state index in [1.165, 1.54) is 0 Å². The number of nitrogens with zero attached hydrogens (tertiary/aromatic N) is 2. The second-order valence-corrected chi connectivity index (χ2v) is 5.73. The number of hydrogen-bond donors (Lipinski definition) is 2. The Morgan fingerprint density at radius 1 is 1.36 bits per heavy atom. The van der Waals surface area contributed by atoms with E-state index in [1.807, 2.05) is 24.3 Å². The number of carbonyl (C=O) groups excluding carboxylic acids is 1. The minimum Gasteiger partial charge on any atom is -0.436 e. The molecule has 0 radical (unpaired) electrons. The van der Waals surface area contributed by atoms with Gasteiger partial charge in [-0.2, -0.15) is 0 Å². The third-order valence-electron chi connectivity index (χ3n) is 4.04. The largest absolute Gasteiger partial charge is 0.436 e. The van der Waals surface area contributed by atoms with E-state index < -0.39 is 5.91 Å². The molecule has 0 saturated heterocycles. The maximum atomic E-state index is 11.9. The lowest BCUT2D eigenvalue weighted by Gasteiger charge is -2.07. The standard InChI is InChI=1S/C19H19N3O3/c1-3-12-5-4-6-14(7-12)22-19-16(18(20)24)8-15-13(10-23)9-21-11(2)17(15)25-19/h4-9,23H,3,10H2,1-2H3,(H2,20,24). The number of benzene rings is 1. The molecule has 3 rings (SSSR count). The summed E-state index contributed by atoms with van der Waals surface area (Å²) in [7, 11) is 0. The molecule has 0 aliphatic rings. The number of fused-ring (bicyclic) bond motifs is 1. The monoisotopic (exact) mass is 337 g/mol. The molecule has 0 spiro atoms. The van der Waals surface area contributed by atoms with E-state index in [2.05, 4.69) is 16.9 Å². The first kappa shape index (κ1) is 16.9. The Morgan fingerprint density at radius 3 is 2.84 bits per heavy atom. The van der Waals surface area contributed by atoms with Crippen LogP contribution in [0.5, 0.6) is 0 Å². The molecule has 0 saturated carbocycles. The molecule has 0 unspecified atom stereocenters. The van der Waals surface area contributed by atoms with Crippen LogP contribution in [0.3, 0.4) is 0 Å². The van der Waals surface area contributed by atoms with E-state index in [1.54, 1.807) is 19.2 Å². The van der Waals surface area contributed by atoms with Gasteiger partial charge in [0.2, 0.25) is 5.55 Å². The van der Waals surface area contributed by atoms with Crippen LogP contribution >= 0.6 is 0 Å². The number of aliphatic hydroxyl groups is 1. The number of hydrogen-bond acceptors (Lipinski definition) is 5. The summed E-state index contributed by atoms with van der Waals surface area (Å²) >= 11 is 0. The van der Waals surface area contributed by atoms with E-state index in [-0.39, 0.29) is 17.7 Å². The summed E-state index contributed by atoms with van der Waals surface area (Å²) in [5.74, 6) is -0.644. The summed E-state index contributed by atoms with van der Waals surface area (Å²) in [5, 5.41) is 10.1. The van der Waals surface area contributed by atoms with Gasteiger partial charge in [0.1, 0.15) is 5.56 Å². The molecule has 1 amide bonds.